The first-order chi connectivity index (χ1) is 6.89. The normalized spacial score (nSPS) is 12.3. The third kappa shape index (κ3) is 1.60. The standard InChI is InChI=1S/C9H9BF3N2/c1-6-14-8-5-7(10(11,12)13)3-4-9(8)15(6)2/h3-5H,1-2H3/q-1. The molecular formula is C9H9BF3N2-. The van der Waals surface area contributed by atoms with Gasteiger partial charge in [0.1, 0.15) is 5.82 Å². The van der Waals surface area contributed by atoms with Crippen molar-refractivity contribution in [3.05, 3.63) is 24.0 Å². The van der Waals surface area contributed by atoms with Crippen molar-refractivity contribution in [2.75, 3.05) is 0 Å². The highest BCUT2D eigenvalue weighted by molar-refractivity contribution is 6.73. The van der Waals surface area contributed by atoms with Crippen molar-refractivity contribution in [3.63, 3.8) is 0 Å². The van der Waals surface area contributed by atoms with E-state index in [1.165, 1.54) is 6.07 Å². The average Bonchev–Trinajstić information content (AvgIpc) is 2.41. The zero-order chi connectivity index (χ0) is 11.2. The van der Waals surface area contributed by atoms with Gasteiger partial charge < -0.3 is 17.5 Å². The number of rotatable bonds is 1. The Balaban J connectivity index is 2.67. The first-order valence-electron chi connectivity index (χ1n) is 4.52. The molecule has 15 heavy (non-hydrogen) atoms. The number of benzene rings is 1. The van der Waals surface area contributed by atoms with Crippen molar-refractivity contribution in [1.82, 2.24) is 9.55 Å². The molecule has 0 saturated heterocycles. The van der Waals surface area contributed by atoms with Crippen molar-refractivity contribution in [1.29, 1.82) is 0 Å². The van der Waals surface area contributed by atoms with Crippen LogP contribution in [0.3, 0.4) is 0 Å². The molecule has 2 nitrogen and oxygen atoms in total. The molecule has 0 bridgehead atoms. The number of nitrogens with zero attached hydrogens (tertiary/aromatic N) is 2. The van der Waals surface area contributed by atoms with Crippen molar-refractivity contribution >= 4 is 23.5 Å². The van der Waals surface area contributed by atoms with Crippen LogP contribution in [0, 0.1) is 6.92 Å². The van der Waals surface area contributed by atoms with E-state index in [0.717, 1.165) is 17.6 Å². The largest absolute Gasteiger partial charge is 0.509 e. The Morgan fingerprint density at radius 1 is 1.27 bits per heavy atom. The summed E-state index contributed by atoms with van der Waals surface area (Å²) in [4.78, 5) is 4.06. The zero-order valence-corrected chi connectivity index (χ0v) is 8.34. The van der Waals surface area contributed by atoms with Gasteiger partial charge >= 0.3 is 6.98 Å². The molecule has 1 heterocycles. The highest BCUT2D eigenvalue weighted by Crippen LogP contribution is 2.16. The lowest BCUT2D eigenvalue weighted by molar-refractivity contribution is 0.501. The van der Waals surface area contributed by atoms with Gasteiger partial charge in [0.05, 0.1) is 11.0 Å². The summed E-state index contributed by atoms with van der Waals surface area (Å²) in [6, 6.07) is 3.66. The van der Waals surface area contributed by atoms with Crippen molar-refractivity contribution in [2.24, 2.45) is 7.05 Å². The molecule has 0 fully saturated rings. The predicted octanol–water partition coefficient (Wildman–Crippen LogP) is 1.94. The molecule has 0 aliphatic heterocycles. The first kappa shape index (κ1) is 10.1. The third-order valence-electron chi connectivity index (χ3n) is 2.51. The summed E-state index contributed by atoms with van der Waals surface area (Å²) in [5, 5.41) is 0. The lowest BCUT2D eigenvalue weighted by Crippen LogP contribution is -2.33. The van der Waals surface area contributed by atoms with E-state index < -0.39 is 12.4 Å². The van der Waals surface area contributed by atoms with Crippen molar-refractivity contribution in [3.8, 4) is 0 Å². The lowest BCUT2D eigenvalue weighted by atomic mass is 9.80. The molecule has 0 atom stereocenters. The second kappa shape index (κ2) is 3.02. The molecule has 80 valence electrons. The van der Waals surface area contributed by atoms with Crippen LogP contribution in [0.5, 0.6) is 0 Å². The van der Waals surface area contributed by atoms with Crippen LogP contribution in [0.4, 0.5) is 12.9 Å². The highest BCUT2D eigenvalue weighted by Gasteiger charge is 2.25. The molecule has 0 aliphatic carbocycles. The van der Waals surface area contributed by atoms with Crippen LogP contribution in [-0.4, -0.2) is 16.5 Å². The third-order valence-corrected chi connectivity index (χ3v) is 2.51. The molecule has 2 aromatic rings. The zero-order valence-electron chi connectivity index (χ0n) is 8.34. The number of halogens is 3. The van der Waals surface area contributed by atoms with Crippen LogP contribution >= 0.6 is 0 Å². The molecule has 0 amide bonds. The molecular weight excluding hydrogens is 204 g/mol. The van der Waals surface area contributed by atoms with Gasteiger partial charge in [0.25, 0.3) is 0 Å². The van der Waals surface area contributed by atoms with E-state index in [9.17, 15) is 12.9 Å². The lowest BCUT2D eigenvalue weighted by Gasteiger charge is -2.14. The Kier molecular flexibility index (Phi) is 2.03. The van der Waals surface area contributed by atoms with Gasteiger partial charge in [-0.25, -0.2) is 4.98 Å². The molecule has 1 aromatic heterocycles. The van der Waals surface area contributed by atoms with Gasteiger partial charge in [-0.1, -0.05) is 12.1 Å². The molecule has 0 spiro atoms. The second-order valence-corrected chi connectivity index (χ2v) is 3.54. The van der Waals surface area contributed by atoms with Gasteiger partial charge in [-0.05, 0) is 13.0 Å². The van der Waals surface area contributed by atoms with Crippen LogP contribution in [0.1, 0.15) is 5.82 Å². The maximum atomic E-state index is 12.5. The molecule has 0 saturated carbocycles. The Hall–Kier alpha value is -1.46. The van der Waals surface area contributed by atoms with Gasteiger partial charge in [0, 0.05) is 7.05 Å². The monoisotopic (exact) mass is 213 g/mol. The number of hydrogen-bond acceptors (Lipinski definition) is 1. The minimum Gasteiger partial charge on any atom is -0.445 e. The SMILES string of the molecule is Cc1nc2cc([B-](F)(F)F)ccc2n1C. The number of aromatic nitrogens is 2. The van der Waals surface area contributed by atoms with E-state index in [1.54, 1.807) is 18.5 Å². The van der Waals surface area contributed by atoms with Crippen LogP contribution < -0.4 is 5.46 Å². The number of imidazole rings is 1. The molecule has 0 N–H and O–H groups in total. The van der Waals surface area contributed by atoms with E-state index in [-0.39, 0.29) is 0 Å². The fourth-order valence-electron chi connectivity index (χ4n) is 1.54. The van der Waals surface area contributed by atoms with Crippen LogP contribution in [0.25, 0.3) is 11.0 Å². The molecule has 6 heteroatoms. The van der Waals surface area contributed by atoms with Gasteiger partial charge in [-0.15, -0.1) is 5.46 Å². The summed E-state index contributed by atoms with van der Waals surface area (Å²) in [5.74, 6) is 0.705. The quantitative estimate of drug-likeness (QED) is 0.661. The summed E-state index contributed by atoms with van der Waals surface area (Å²) >= 11 is 0. The van der Waals surface area contributed by atoms with Crippen LogP contribution in [0.2, 0.25) is 0 Å². The maximum Gasteiger partial charge on any atom is 0.509 e. The Labute approximate surface area is 84.8 Å². The molecule has 0 aliphatic rings. The maximum absolute atomic E-state index is 12.5. The summed E-state index contributed by atoms with van der Waals surface area (Å²) in [6.07, 6.45) is 0. The van der Waals surface area contributed by atoms with Crippen molar-refractivity contribution < 1.29 is 12.9 Å². The fourth-order valence-corrected chi connectivity index (χ4v) is 1.54. The van der Waals surface area contributed by atoms with E-state index in [1.807, 2.05) is 0 Å². The van der Waals surface area contributed by atoms with Crippen LogP contribution in [0.15, 0.2) is 18.2 Å². The van der Waals surface area contributed by atoms with E-state index in [4.69, 9.17) is 0 Å². The number of fused-ring (bicyclic) bond motifs is 1. The summed E-state index contributed by atoms with van der Waals surface area (Å²) in [6.45, 7) is -3.17. The average molecular weight is 213 g/mol. The number of aryl methyl sites for hydroxylation is 2. The van der Waals surface area contributed by atoms with E-state index >= 15 is 0 Å². The summed E-state index contributed by atoms with van der Waals surface area (Å²) < 4.78 is 39.1. The van der Waals surface area contributed by atoms with E-state index in [0.29, 0.717) is 11.3 Å². The minimum absolute atomic E-state index is 0.395. The van der Waals surface area contributed by atoms with E-state index in [2.05, 4.69) is 4.98 Å². The second-order valence-electron chi connectivity index (χ2n) is 3.54. The minimum atomic E-state index is -4.94. The van der Waals surface area contributed by atoms with Gasteiger partial charge in [0.15, 0.2) is 0 Å². The van der Waals surface area contributed by atoms with Gasteiger partial charge in [-0.3, -0.25) is 0 Å². The Morgan fingerprint density at radius 2 is 1.93 bits per heavy atom. The first-order valence-corrected chi connectivity index (χ1v) is 4.52. The molecule has 1 aromatic carbocycles. The molecule has 0 unspecified atom stereocenters. The van der Waals surface area contributed by atoms with Crippen LogP contribution in [-0.2, 0) is 7.05 Å². The topological polar surface area (TPSA) is 17.8 Å². The Morgan fingerprint density at radius 3 is 2.53 bits per heavy atom. The number of hydrogen-bond donors (Lipinski definition) is 0. The summed E-state index contributed by atoms with van der Waals surface area (Å²) in [5.41, 5.74) is 0.517. The Bertz CT molecular complexity index is 516. The molecule has 0 radical (unpaired) electrons. The summed E-state index contributed by atoms with van der Waals surface area (Å²) in [7, 11) is 1.78. The van der Waals surface area contributed by atoms with Gasteiger partial charge in [-0.2, -0.15) is 0 Å². The predicted molar refractivity (Wildman–Crippen MR) is 54.2 cm³/mol. The highest BCUT2D eigenvalue weighted by atomic mass is 19.4. The fraction of sp³-hybridized carbons (Fsp3) is 0.222. The van der Waals surface area contributed by atoms with Crippen molar-refractivity contribution in [2.45, 2.75) is 6.92 Å². The molecule has 2 rings (SSSR count). The van der Waals surface area contributed by atoms with Gasteiger partial charge in [0.2, 0.25) is 0 Å². The smallest absolute Gasteiger partial charge is 0.445 e.